The summed E-state index contributed by atoms with van der Waals surface area (Å²) in [6.07, 6.45) is 3.22. The number of amides is 1. The second kappa shape index (κ2) is 13.3. The molecule has 2 N–H and O–H groups in total. The van der Waals surface area contributed by atoms with Crippen molar-refractivity contribution in [2.75, 3.05) is 39.8 Å². The summed E-state index contributed by atoms with van der Waals surface area (Å²) in [4.78, 5) is 24.5. The number of rotatable bonds is 10. The van der Waals surface area contributed by atoms with Gasteiger partial charge >= 0.3 is 5.97 Å². The molecule has 2 aromatic rings. The van der Waals surface area contributed by atoms with Gasteiger partial charge in [0.05, 0.1) is 55.7 Å². The molecule has 0 radical (unpaired) electrons. The summed E-state index contributed by atoms with van der Waals surface area (Å²) in [5, 5.41) is 25.4. The maximum absolute atomic E-state index is 12.8. The van der Waals surface area contributed by atoms with E-state index in [1.807, 2.05) is 0 Å². The van der Waals surface area contributed by atoms with Crippen LogP contribution in [-0.4, -0.2) is 46.4 Å². The van der Waals surface area contributed by atoms with E-state index in [4.69, 9.17) is 14.2 Å². The molecule has 1 saturated carbocycles. The number of anilines is 1. The van der Waals surface area contributed by atoms with E-state index < -0.39 is 6.04 Å². The number of carbonyl (C=O) groups excluding carboxylic acids is 2. The molecule has 3 rings (SSSR count). The number of methoxy groups -OCH3 is 3. The summed E-state index contributed by atoms with van der Waals surface area (Å²) >= 11 is 0. The Hall–Kier alpha value is -4.08. The second-order valence-electron chi connectivity index (χ2n) is 9.04. The van der Waals surface area contributed by atoms with Gasteiger partial charge in [-0.05, 0) is 68.0 Å². The molecule has 0 aromatic heterocycles. The molecule has 0 aliphatic heterocycles. The van der Waals surface area contributed by atoms with Crippen molar-refractivity contribution < 1.29 is 23.8 Å². The third-order valence-corrected chi connectivity index (χ3v) is 6.73. The third kappa shape index (κ3) is 6.99. The molecule has 2 aromatic carbocycles. The summed E-state index contributed by atoms with van der Waals surface area (Å²) in [6, 6.07) is 13.9. The fourth-order valence-corrected chi connectivity index (χ4v) is 4.65. The predicted octanol–water partition coefficient (Wildman–Crippen LogP) is 3.95. The van der Waals surface area contributed by atoms with Crippen molar-refractivity contribution >= 4 is 17.6 Å². The van der Waals surface area contributed by atoms with Gasteiger partial charge in [-0.1, -0.05) is 0 Å². The number of ether oxygens (including phenoxy) is 3. The van der Waals surface area contributed by atoms with Crippen molar-refractivity contribution in [2.45, 2.75) is 31.7 Å². The van der Waals surface area contributed by atoms with E-state index in [1.165, 1.54) is 7.11 Å². The lowest BCUT2D eigenvalue weighted by molar-refractivity contribution is -0.146. The average Bonchev–Trinajstić information content (AvgIpc) is 2.95. The van der Waals surface area contributed by atoms with Crippen LogP contribution in [0.25, 0.3) is 0 Å². The van der Waals surface area contributed by atoms with Gasteiger partial charge in [0.1, 0.15) is 11.8 Å². The average molecular weight is 505 g/mol. The molecule has 0 spiro atoms. The normalized spacial score (nSPS) is 17.5. The van der Waals surface area contributed by atoms with Crippen molar-refractivity contribution in [1.82, 2.24) is 5.32 Å². The van der Waals surface area contributed by atoms with Crippen LogP contribution in [0.3, 0.4) is 0 Å². The van der Waals surface area contributed by atoms with Gasteiger partial charge in [-0.25, -0.2) is 0 Å². The number of hydrogen-bond acceptors (Lipinski definition) is 8. The summed E-state index contributed by atoms with van der Waals surface area (Å²) < 4.78 is 15.7. The molecule has 0 bridgehead atoms. The molecule has 37 heavy (non-hydrogen) atoms. The molecular formula is C28H32N4O5. The lowest BCUT2D eigenvalue weighted by Gasteiger charge is -2.27. The van der Waals surface area contributed by atoms with E-state index >= 15 is 0 Å². The lowest BCUT2D eigenvalue weighted by Crippen LogP contribution is -2.32. The quantitative estimate of drug-likeness (QED) is 0.465. The molecule has 1 amide bonds. The zero-order valence-electron chi connectivity index (χ0n) is 21.4. The van der Waals surface area contributed by atoms with E-state index in [0.717, 1.165) is 31.2 Å². The molecule has 194 valence electrons. The SMILES string of the molecule is COCC(Nc1ccc(C(=O)NCC2CCC(C(=O)OC)CC2)cc1C#N)c1cc(C#N)ccc1OC. The highest BCUT2D eigenvalue weighted by molar-refractivity contribution is 5.95. The zero-order chi connectivity index (χ0) is 26.8. The largest absolute Gasteiger partial charge is 0.496 e. The second-order valence-corrected chi connectivity index (χ2v) is 9.04. The number of carbonyl (C=O) groups is 2. The topological polar surface area (TPSA) is 133 Å². The number of benzene rings is 2. The minimum absolute atomic E-state index is 0.0561. The highest BCUT2D eigenvalue weighted by Crippen LogP contribution is 2.31. The Morgan fingerprint density at radius 1 is 1.03 bits per heavy atom. The van der Waals surface area contributed by atoms with Gasteiger partial charge in [0.2, 0.25) is 0 Å². The summed E-state index contributed by atoms with van der Waals surface area (Å²) in [5.41, 5.74) is 2.42. The van der Waals surface area contributed by atoms with Crippen LogP contribution in [0.5, 0.6) is 5.75 Å². The fourth-order valence-electron chi connectivity index (χ4n) is 4.65. The summed E-state index contributed by atoms with van der Waals surface area (Å²) in [6.45, 7) is 0.774. The van der Waals surface area contributed by atoms with Crippen LogP contribution in [0.15, 0.2) is 36.4 Å². The first-order valence-corrected chi connectivity index (χ1v) is 12.2. The number of esters is 1. The van der Waals surface area contributed by atoms with Gasteiger partial charge in [-0.2, -0.15) is 10.5 Å². The van der Waals surface area contributed by atoms with E-state index in [-0.39, 0.29) is 24.4 Å². The molecule has 9 nitrogen and oxygen atoms in total. The van der Waals surface area contributed by atoms with Crippen LogP contribution in [0.4, 0.5) is 5.69 Å². The molecule has 1 fully saturated rings. The van der Waals surface area contributed by atoms with Gasteiger partial charge in [0, 0.05) is 24.8 Å². The maximum Gasteiger partial charge on any atom is 0.308 e. The predicted molar refractivity (Wildman–Crippen MR) is 137 cm³/mol. The Balaban J connectivity index is 1.69. The Kier molecular flexibility index (Phi) is 9.88. The molecule has 1 atom stereocenters. The summed E-state index contributed by atoms with van der Waals surface area (Å²) in [5.74, 6) is 0.414. The third-order valence-electron chi connectivity index (χ3n) is 6.73. The van der Waals surface area contributed by atoms with Crippen molar-refractivity contribution in [3.05, 3.63) is 58.7 Å². The van der Waals surface area contributed by atoms with Crippen molar-refractivity contribution in [2.24, 2.45) is 11.8 Å². The van der Waals surface area contributed by atoms with E-state index in [0.29, 0.717) is 40.6 Å². The smallest absolute Gasteiger partial charge is 0.308 e. The van der Waals surface area contributed by atoms with Crippen LogP contribution < -0.4 is 15.4 Å². The molecule has 1 aliphatic carbocycles. The first-order chi connectivity index (χ1) is 17.9. The monoisotopic (exact) mass is 504 g/mol. The van der Waals surface area contributed by atoms with Gasteiger partial charge in [0.25, 0.3) is 5.91 Å². The first-order valence-electron chi connectivity index (χ1n) is 12.2. The maximum atomic E-state index is 12.8. The lowest BCUT2D eigenvalue weighted by atomic mass is 9.82. The number of nitrogens with zero attached hydrogens (tertiary/aromatic N) is 2. The minimum atomic E-state index is -0.403. The van der Waals surface area contributed by atoms with Crippen LogP contribution in [-0.2, 0) is 14.3 Å². The van der Waals surface area contributed by atoms with Gasteiger partial charge in [-0.15, -0.1) is 0 Å². The molecular weight excluding hydrogens is 472 g/mol. The molecule has 0 heterocycles. The van der Waals surface area contributed by atoms with Crippen LogP contribution in [0.2, 0.25) is 0 Å². The van der Waals surface area contributed by atoms with Crippen molar-refractivity contribution in [3.8, 4) is 17.9 Å². The standard InChI is InChI=1S/C28H32N4O5/c1-35-17-25(23-12-19(14-29)6-11-26(23)36-2)32-24-10-9-21(13-22(24)15-30)27(33)31-16-18-4-7-20(8-5-18)28(34)37-3/h6,9-13,18,20,25,32H,4-5,7-8,16-17H2,1-3H3,(H,31,33). The molecule has 1 aliphatic rings. The highest BCUT2D eigenvalue weighted by Gasteiger charge is 2.27. The van der Waals surface area contributed by atoms with Crippen LogP contribution in [0.1, 0.15) is 58.8 Å². The van der Waals surface area contributed by atoms with Crippen LogP contribution in [0, 0.1) is 34.5 Å². The molecule has 1 unspecified atom stereocenters. The van der Waals surface area contributed by atoms with Crippen molar-refractivity contribution in [3.63, 3.8) is 0 Å². The van der Waals surface area contributed by atoms with Gasteiger partial charge in [0.15, 0.2) is 0 Å². The Bertz CT molecular complexity index is 1190. The van der Waals surface area contributed by atoms with Crippen LogP contribution >= 0.6 is 0 Å². The number of nitrogens with one attached hydrogen (secondary N) is 2. The molecule has 0 saturated heterocycles. The first kappa shape index (κ1) is 27.5. The Morgan fingerprint density at radius 3 is 2.41 bits per heavy atom. The summed E-state index contributed by atoms with van der Waals surface area (Å²) in [7, 11) is 4.52. The van der Waals surface area contributed by atoms with E-state index in [9.17, 15) is 20.1 Å². The van der Waals surface area contributed by atoms with Gasteiger partial charge in [-0.3, -0.25) is 9.59 Å². The number of hydrogen-bond donors (Lipinski definition) is 2. The fraction of sp³-hybridized carbons (Fsp3) is 0.429. The molecule has 9 heteroatoms. The Labute approximate surface area is 217 Å². The van der Waals surface area contributed by atoms with Gasteiger partial charge < -0.3 is 24.8 Å². The van der Waals surface area contributed by atoms with E-state index in [1.54, 1.807) is 50.6 Å². The van der Waals surface area contributed by atoms with Crippen molar-refractivity contribution in [1.29, 1.82) is 10.5 Å². The Morgan fingerprint density at radius 2 is 1.78 bits per heavy atom. The number of nitriles is 2. The van der Waals surface area contributed by atoms with E-state index in [2.05, 4.69) is 22.8 Å². The highest BCUT2D eigenvalue weighted by atomic mass is 16.5. The zero-order valence-corrected chi connectivity index (χ0v) is 21.4. The minimum Gasteiger partial charge on any atom is -0.496 e.